The van der Waals surface area contributed by atoms with Crippen molar-refractivity contribution in [2.45, 2.75) is 18.6 Å². The molecule has 2 unspecified atom stereocenters. The number of nitrogens with one attached hydrogen (secondary N) is 1. The summed E-state index contributed by atoms with van der Waals surface area (Å²) in [5.74, 6) is 0. The lowest BCUT2D eigenvalue weighted by Gasteiger charge is -1.92. The van der Waals surface area contributed by atoms with Crippen molar-refractivity contribution in [2.75, 3.05) is 6.54 Å². The molecule has 0 aliphatic carbocycles. The Morgan fingerprint density at radius 2 is 2.33 bits per heavy atom. The maximum atomic E-state index is 8.82. The lowest BCUT2D eigenvalue weighted by atomic mass is 10.2. The van der Waals surface area contributed by atoms with Gasteiger partial charge in [-0.2, -0.15) is 5.26 Å². The van der Waals surface area contributed by atoms with Gasteiger partial charge in [0.05, 0.1) is 18.2 Å². The quantitative estimate of drug-likeness (QED) is 0.494. The number of rotatable bonds is 0. The summed E-state index contributed by atoms with van der Waals surface area (Å²) in [6.07, 6.45) is 0.274. The van der Waals surface area contributed by atoms with Gasteiger partial charge in [0.15, 0.2) is 0 Å². The molecule has 1 rings (SSSR count). The Balaban J connectivity index is 0.000000640. The van der Waals surface area contributed by atoms with Crippen molar-refractivity contribution in [2.24, 2.45) is 0 Å². The summed E-state index contributed by atoms with van der Waals surface area (Å²) in [4.78, 5) is 0. The highest BCUT2D eigenvalue weighted by molar-refractivity contribution is 5.85. The summed E-state index contributed by atoms with van der Waals surface area (Å²) in [6.45, 7) is 0.568. The van der Waals surface area contributed by atoms with Gasteiger partial charge in [-0.3, -0.25) is 5.32 Å². The lowest BCUT2D eigenvalue weighted by molar-refractivity contribution is 0.195. The molecule has 0 spiro atoms. The molecule has 1 heterocycles. The molecule has 1 aliphatic rings. The first-order chi connectivity index (χ1) is 3.83. The highest BCUT2D eigenvalue weighted by atomic mass is 35.5. The molecule has 0 radical (unpaired) electrons. The van der Waals surface area contributed by atoms with Crippen LogP contribution in [0.5, 0.6) is 0 Å². The largest absolute Gasteiger partial charge is 0.392 e. The first kappa shape index (κ1) is 8.70. The van der Waals surface area contributed by atoms with Crippen molar-refractivity contribution in [3.8, 4) is 6.07 Å². The number of aliphatic hydroxyl groups excluding tert-OH is 1. The Morgan fingerprint density at radius 1 is 1.67 bits per heavy atom. The molecular formula is C5H9ClN2O. The normalized spacial score (nSPS) is 32.9. The van der Waals surface area contributed by atoms with Crippen LogP contribution in [-0.2, 0) is 0 Å². The summed E-state index contributed by atoms with van der Waals surface area (Å²) >= 11 is 0. The predicted molar refractivity (Wildman–Crippen MR) is 35.3 cm³/mol. The molecule has 0 bridgehead atoms. The second-order valence-corrected chi connectivity index (χ2v) is 1.98. The molecule has 0 amide bonds. The number of hydrogen-bond acceptors (Lipinski definition) is 3. The molecule has 0 aromatic rings. The molecule has 3 nitrogen and oxygen atoms in total. The van der Waals surface area contributed by atoms with Crippen LogP contribution in [0.25, 0.3) is 0 Å². The first-order valence-electron chi connectivity index (χ1n) is 2.64. The van der Waals surface area contributed by atoms with E-state index in [9.17, 15) is 0 Å². The Labute approximate surface area is 60.1 Å². The second kappa shape index (κ2) is 3.67. The minimum Gasteiger partial charge on any atom is -0.392 e. The van der Waals surface area contributed by atoms with Crippen molar-refractivity contribution in [3.63, 3.8) is 0 Å². The fourth-order valence-corrected chi connectivity index (χ4v) is 0.815. The molecule has 52 valence electrons. The highest BCUT2D eigenvalue weighted by Gasteiger charge is 2.20. The van der Waals surface area contributed by atoms with Crippen LogP contribution in [0.3, 0.4) is 0 Å². The number of β-amino-alcohol motifs (C(OH)–C–C–N with tert-alkyl or cyclic N) is 1. The van der Waals surface area contributed by atoms with E-state index in [4.69, 9.17) is 10.4 Å². The zero-order valence-electron chi connectivity index (χ0n) is 4.87. The average molecular weight is 149 g/mol. The van der Waals surface area contributed by atoms with E-state index in [2.05, 4.69) is 5.32 Å². The minimum absolute atomic E-state index is 0. The van der Waals surface area contributed by atoms with Crippen molar-refractivity contribution >= 4 is 12.4 Å². The third-order valence-electron chi connectivity index (χ3n) is 1.26. The molecule has 0 aromatic heterocycles. The molecular weight excluding hydrogens is 140 g/mol. The summed E-state index contributed by atoms with van der Waals surface area (Å²) < 4.78 is 0. The molecule has 1 fully saturated rings. The van der Waals surface area contributed by atoms with E-state index in [-0.39, 0.29) is 24.6 Å². The number of nitriles is 1. The van der Waals surface area contributed by atoms with Gasteiger partial charge in [0, 0.05) is 13.0 Å². The van der Waals surface area contributed by atoms with E-state index in [1.54, 1.807) is 0 Å². The highest BCUT2D eigenvalue weighted by Crippen LogP contribution is 2.03. The van der Waals surface area contributed by atoms with Gasteiger partial charge >= 0.3 is 0 Å². The number of hydrogen-bond donors (Lipinski definition) is 2. The monoisotopic (exact) mass is 148 g/mol. The van der Waals surface area contributed by atoms with Gasteiger partial charge in [-0.15, -0.1) is 12.4 Å². The fourth-order valence-electron chi connectivity index (χ4n) is 0.815. The van der Waals surface area contributed by atoms with Crippen molar-refractivity contribution in [3.05, 3.63) is 0 Å². The van der Waals surface area contributed by atoms with Crippen LogP contribution >= 0.6 is 12.4 Å². The van der Waals surface area contributed by atoms with E-state index in [0.717, 1.165) is 0 Å². The summed E-state index contributed by atoms with van der Waals surface area (Å²) in [7, 11) is 0. The SMILES string of the molecule is Cl.N#CC1CC(O)CN1. The molecule has 2 N–H and O–H groups in total. The van der Waals surface area contributed by atoms with Gasteiger partial charge < -0.3 is 5.11 Å². The van der Waals surface area contributed by atoms with E-state index >= 15 is 0 Å². The smallest absolute Gasteiger partial charge is 0.0979 e. The van der Waals surface area contributed by atoms with Crippen LogP contribution in [0, 0.1) is 11.3 Å². The molecule has 4 heteroatoms. The average Bonchev–Trinajstić information content (AvgIpc) is 2.14. The minimum atomic E-state index is -0.306. The molecule has 2 atom stereocenters. The van der Waals surface area contributed by atoms with Crippen LogP contribution < -0.4 is 5.32 Å². The molecule has 1 aliphatic heterocycles. The summed E-state index contributed by atoms with van der Waals surface area (Å²) in [5.41, 5.74) is 0. The van der Waals surface area contributed by atoms with Gasteiger partial charge in [-0.25, -0.2) is 0 Å². The van der Waals surface area contributed by atoms with Crippen molar-refractivity contribution in [1.82, 2.24) is 5.32 Å². The van der Waals surface area contributed by atoms with E-state index in [1.807, 2.05) is 6.07 Å². The van der Waals surface area contributed by atoms with Crippen molar-refractivity contribution in [1.29, 1.82) is 5.26 Å². The molecule has 9 heavy (non-hydrogen) atoms. The first-order valence-corrected chi connectivity index (χ1v) is 2.64. The lowest BCUT2D eigenvalue weighted by Crippen LogP contribution is -2.19. The zero-order chi connectivity index (χ0) is 5.98. The standard InChI is InChI=1S/C5H8N2O.ClH/c6-2-4-1-5(8)3-7-4;/h4-5,7-8H,1,3H2;1H. The Kier molecular flexibility index (Phi) is 3.55. The van der Waals surface area contributed by atoms with Gasteiger partial charge in [-0.05, 0) is 0 Å². The number of halogens is 1. The van der Waals surface area contributed by atoms with Crippen molar-refractivity contribution < 1.29 is 5.11 Å². The molecule has 1 saturated heterocycles. The van der Waals surface area contributed by atoms with Gasteiger partial charge in [0.25, 0.3) is 0 Å². The van der Waals surface area contributed by atoms with E-state index < -0.39 is 0 Å². The Hall–Kier alpha value is -0.300. The third kappa shape index (κ3) is 2.19. The van der Waals surface area contributed by atoms with Crippen LogP contribution in [0.1, 0.15) is 6.42 Å². The van der Waals surface area contributed by atoms with E-state index in [1.165, 1.54) is 0 Å². The summed E-state index contributed by atoms with van der Waals surface area (Å²) in [6, 6.07) is 1.90. The molecule has 0 saturated carbocycles. The predicted octanol–water partition coefficient (Wildman–Crippen LogP) is -0.345. The second-order valence-electron chi connectivity index (χ2n) is 1.98. The van der Waals surface area contributed by atoms with Gasteiger partial charge in [0.2, 0.25) is 0 Å². The van der Waals surface area contributed by atoms with Crippen LogP contribution in [0.4, 0.5) is 0 Å². The maximum Gasteiger partial charge on any atom is 0.0979 e. The summed E-state index contributed by atoms with van der Waals surface area (Å²) in [5, 5.41) is 19.9. The number of aliphatic hydroxyl groups is 1. The topological polar surface area (TPSA) is 56.0 Å². The van der Waals surface area contributed by atoms with Crippen LogP contribution in [-0.4, -0.2) is 23.8 Å². The van der Waals surface area contributed by atoms with Crippen LogP contribution in [0.15, 0.2) is 0 Å². The Morgan fingerprint density at radius 3 is 2.56 bits per heavy atom. The fraction of sp³-hybridized carbons (Fsp3) is 0.800. The third-order valence-corrected chi connectivity index (χ3v) is 1.26. The van der Waals surface area contributed by atoms with Gasteiger partial charge in [0.1, 0.15) is 0 Å². The number of nitrogens with zero attached hydrogens (tertiary/aromatic N) is 1. The van der Waals surface area contributed by atoms with E-state index in [0.29, 0.717) is 13.0 Å². The van der Waals surface area contributed by atoms with Crippen LogP contribution in [0.2, 0.25) is 0 Å². The maximum absolute atomic E-state index is 8.82. The molecule has 0 aromatic carbocycles. The Bertz CT molecular complexity index is 123. The van der Waals surface area contributed by atoms with Gasteiger partial charge in [-0.1, -0.05) is 0 Å². The zero-order valence-corrected chi connectivity index (χ0v) is 5.69.